The summed E-state index contributed by atoms with van der Waals surface area (Å²) in [5.41, 5.74) is 3.01. The highest BCUT2D eigenvalue weighted by Gasteiger charge is 2.25. The van der Waals surface area contributed by atoms with E-state index in [0.29, 0.717) is 5.56 Å². The summed E-state index contributed by atoms with van der Waals surface area (Å²) in [6.45, 7) is 2.02. The number of hydrogen-bond donors (Lipinski definition) is 1. The maximum atomic E-state index is 11.6. The van der Waals surface area contributed by atoms with Crippen molar-refractivity contribution in [2.45, 2.75) is 32.3 Å². The number of halogens is 1. The van der Waals surface area contributed by atoms with E-state index in [2.05, 4.69) is 22.0 Å². The molecule has 0 bridgehead atoms. The maximum Gasteiger partial charge on any atom is 0.339 e. The molecule has 0 fully saturated rings. The lowest BCUT2D eigenvalue weighted by molar-refractivity contribution is -0.153. The molecule has 1 aromatic rings. The Balaban J connectivity index is 2.35. The fourth-order valence-electron chi connectivity index (χ4n) is 2.29. The normalized spacial score (nSPS) is 15.5. The number of hydrogen-bond acceptors (Lipinski definition) is 3. The third-order valence-electron chi connectivity index (χ3n) is 3.02. The molecule has 1 aromatic carbocycles. The van der Waals surface area contributed by atoms with Crippen molar-refractivity contribution >= 4 is 21.9 Å². The van der Waals surface area contributed by atoms with Gasteiger partial charge in [-0.3, -0.25) is 0 Å². The summed E-state index contributed by atoms with van der Waals surface area (Å²) in [5, 5.41) is 10.0. The van der Waals surface area contributed by atoms with E-state index in [1.54, 1.807) is 6.92 Å². The molecule has 0 heterocycles. The number of benzene rings is 1. The first-order chi connectivity index (χ1) is 8.13. The molecule has 0 saturated heterocycles. The van der Waals surface area contributed by atoms with Crippen LogP contribution in [0, 0.1) is 0 Å². The van der Waals surface area contributed by atoms with E-state index < -0.39 is 12.1 Å². The highest BCUT2D eigenvalue weighted by molar-refractivity contribution is 9.10. The van der Waals surface area contributed by atoms with Gasteiger partial charge in [0.1, 0.15) is 0 Å². The minimum absolute atomic E-state index is 0.284. The summed E-state index contributed by atoms with van der Waals surface area (Å²) in [4.78, 5) is 11.6. The van der Waals surface area contributed by atoms with Gasteiger partial charge in [0.05, 0.1) is 6.61 Å². The lowest BCUT2D eigenvalue weighted by Gasteiger charge is -2.14. The van der Waals surface area contributed by atoms with Gasteiger partial charge in [-0.05, 0) is 55.0 Å². The second kappa shape index (κ2) is 5.19. The van der Waals surface area contributed by atoms with Crippen LogP contribution in [0.4, 0.5) is 0 Å². The SMILES string of the molecule is CCOC(=O)C(O)c1cc(Br)cc2c1CCC2. The Labute approximate surface area is 109 Å². The Hall–Kier alpha value is -0.870. The molecule has 92 valence electrons. The van der Waals surface area contributed by atoms with E-state index in [1.807, 2.05) is 6.07 Å². The second-order valence-electron chi connectivity index (χ2n) is 4.14. The Morgan fingerprint density at radius 3 is 3.00 bits per heavy atom. The Bertz CT molecular complexity index is 443. The summed E-state index contributed by atoms with van der Waals surface area (Å²) in [5.74, 6) is -0.570. The zero-order chi connectivity index (χ0) is 12.4. The molecule has 1 aliphatic carbocycles. The molecule has 1 N–H and O–H groups in total. The second-order valence-corrected chi connectivity index (χ2v) is 5.06. The van der Waals surface area contributed by atoms with E-state index in [1.165, 1.54) is 5.56 Å². The molecule has 1 unspecified atom stereocenters. The third kappa shape index (κ3) is 2.53. The van der Waals surface area contributed by atoms with Crippen molar-refractivity contribution in [3.8, 4) is 0 Å². The van der Waals surface area contributed by atoms with Crippen LogP contribution in [-0.4, -0.2) is 17.7 Å². The fraction of sp³-hybridized carbons (Fsp3) is 0.462. The molecule has 3 nitrogen and oxygen atoms in total. The van der Waals surface area contributed by atoms with Gasteiger partial charge >= 0.3 is 5.97 Å². The van der Waals surface area contributed by atoms with Gasteiger partial charge in [-0.25, -0.2) is 4.79 Å². The van der Waals surface area contributed by atoms with Crippen LogP contribution in [0.3, 0.4) is 0 Å². The van der Waals surface area contributed by atoms with Gasteiger partial charge in [0.2, 0.25) is 0 Å². The smallest absolute Gasteiger partial charge is 0.339 e. The van der Waals surface area contributed by atoms with Crippen molar-refractivity contribution in [1.82, 2.24) is 0 Å². The number of rotatable bonds is 3. The molecular weight excluding hydrogens is 284 g/mol. The first-order valence-electron chi connectivity index (χ1n) is 5.79. The largest absolute Gasteiger partial charge is 0.464 e. The van der Waals surface area contributed by atoms with E-state index in [0.717, 1.165) is 29.3 Å². The Kier molecular flexibility index (Phi) is 3.84. The molecule has 0 aromatic heterocycles. The van der Waals surface area contributed by atoms with Gasteiger partial charge in [0.15, 0.2) is 6.10 Å². The van der Waals surface area contributed by atoms with Crippen LogP contribution in [0.15, 0.2) is 16.6 Å². The van der Waals surface area contributed by atoms with Crippen molar-refractivity contribution in [2.75, 3.05) is 6.61 Å². The van der Waals surface area contributed by atoms with E-state index in [9.17, 15) is 9.90 Å². The standard InChI is InChI=1S/C13H15BrO3/c1-2-17-13(16)12(15)11-7-9(14)6-8-4-3-5-10(8)11/h6-7,12,15H,2-5H2,1H3. The molecule has 0 saturated carbocycles. The van der Waals surface area contributed by atoms with Crippen molar-refractivity contribution in [1.29, 1.82) is 0 Å². The van der Waals surface area contributed by atoms with Crippen LogP contribution in [0.25, 0.3) is 0 Å². The molecule has 0 amide bonds. The first kappa shape index (κ1) is 12.6. The lowest BCUT2D eigenvalue weighted by Crippen LogP contribution is -2.17. The van der Waals surface area contributed by atoms with Gasteiger partial charge in [-0.2, -0.15) is 0 Å². The molecule has 4 heteroatoms. The number of aryl methyl sites for hydroxylation is 1. The highest BCUT2D eigenvalue weighted by atomic mass is 79.9. The predicted molar refractivity (Wildman–Crippen MR) is 67.8 cm³/mol. The number of fused-ring (bicyclic) bond motifs is 1. The summed E-state index contributed by atoms with van der Waals surface area (Å²) in [6.07, 6.45) is 1.85. The molecule has 0 aliphatic heterocycles. The van der Waals surface area contributed by atoms with Crippen LogP contribution in [0.1, 0.15) is 36.1 Å². The highest BCUT2D eigenvalue weighted by Crippen LogP contribution is 2.32. The number of carbonyl (C=O) groups is 1. The molecule has 0 radical (unpaired) electrons. The lowest BCUT2D eigenvalue weighted by atomic mass is 9.99. The van der Waals surface area contributed by atoms with Crippen molar-refractivity contribution in [3.63, 3.8) is 0 Å². The molecular formula is C13H15BrO3. The monoisotopic (exact) mass is 298 g/mol. The van der Waals surface area contributed by atoms with Gasteiger partial charge in [0.25, 0.3) is 0 Å². The predicted octanol–water partition coefficient (Wildman–Crippen LogP) is 2.53. The third-order valence-corrected chi connectivity index (χ3v) is 3.48. The van der Waals surface area contributed by atoms with E-state index in [4.69, 9.17) is 4.74 Å². The van der Waals surface area contributed by atoms with Gasteiger partial charge in [-0.1, -0.05) is 15.9 Å². The molecule has 2 rings (SSSR count). The molecule has 0 spiro atoms. The number of carbonyl (C=O) groups excluding carboxylic acids is 1. The van der Waals surface area contributed by atoms with Crippen molar-refractivity contribution < 1.29 is 14.6 Å². The summed E-state index contributed by atoms with van der Waals surface area (Å²) >= 11 is 3.41. The molecule has 17 heavy (non-hydrogen) atoms. The van der Waals surface area contributed by atoms with Gasteiger partial charge in [-0.15, -0.1) is 0 Å². The Morgan fingerprint density at radius 1 is 1.53 bits per heavy atom. The van der Waals surface area contributed by atoms with Crippen LogP contribution >= 0.6 is 15.9 Å². The zero-order valence-corrected chi connectivity index (χ0v) is 11.3. The average molecular weight is 299 g/mol. The minimum atomic E-state index is -1.17. The molecule has 1 atom stereocenters. The number of esters is 1. The number of aliphatic hydroxyl groups excluding tert-OH is 1. The summed E-state index contributed by atoms with van der Waals surface area (Å²) in [6, 6.07) is 3.87. The van der Waals surface area contributed by atoms with Crippen LogP contribution in [0.5, 0.6) is 0 Å². The minimum Gasteiger partial charge on any atom is -0.464 e. The fourth-order valence-corrected chi connectivity index (χ4v) is 2.81. The van der Waals surface area contributed by atoms with Crippen LogP contribution in [-0.2, 0) is 22.4 Å². The first-order valence-corrected chi connectivity index (χ1v) is 6.58. The van der Waals surface area contributed by atoms with Gasteiger partial charge < -0.3 is 9.84 Å². The van der Waals surface area contributed by atoms with Crippen molar-refractivity contribution in [2.24, 2.45) is 0 Å². The summed E-state index contributed by atoms with van der Waals surface area (Å²) in [7, 11) is 0. The van der Waals surface area contributed by atoms with Crippen LogP contribution < -0.4 is 0 Å². The van der Waals surface area contributed by atoms with Gasteiger partial charge in [0, 0.05) is 4.47 Å². The summed E-state index contributed by atoms with van der Waals surface area (Å²) < 4.78 is 5.75. The Morgan fingerprint density at radius 2 is 2.29 bits per heavy atom. The maximum absolute atomic E-state index is 11.6. The number of aliphatic hydroxyl groups is 1. The quantitative estimate of drug-likeness (QED) is 0.872. The average Bonchev–Trinajstić information content (AvgIpc) is 2.75. The molecule has 1 aliphatic rings. The topological polar surface area (TPSA) is 46.5 Å². The van der Waals surface area contributed by atoms with Crippen molar-refractivity contribution in [3.05, 3.63) is 33.3 Å². The van der Waals surface area contributed by atoms with Crippen LogP contribution in [0.2, 0.25) is 0 Å². The zero-order valence-electron chi connectivity index (χ0n) is 9.70. The van der Waals surface area contributed by atoms with E-state index in [-0.39, 0.29) is 6.61 Å². The number of ether oxygens (including phenoxy) is 1. The van der Waals surface area contributed by atoms with E-state index >= 15 is 0 Å².